The number of likely N-dealkylation sites (tertiary alicyclic amines) is 1. The molecule has 1 heterocycles. The van der Waals surface area contributed by atoms with Gasteiger partial charge in [0.25, 0.3) is 0 Å². The first-order valence-electron chi connectivity index (χ1n) is 7.30. The molecule has 2 rings (SSSR count). The van der Waals surface area contributed by atoms with Gasteiger partial charge in [-0.3, -0.25) is 4.90 Å². The van der Waals surface area contributed by atoms with Crippen LogP contribution in [0.3, 0.4) is 0 Å². The highest BCUT2D eigenvalue weighted by Gasteiger charge is 2.44. The van der Waals surface area contributed by atoms with Gasteiger partial charge in [-0.1, -0.05) is 18.4 Å². The van der Waals surface area contributed by atoms with Gasteiger partial charge in [0.05, 0.1) is 0 Å². The highest BCUT2D eigenvalue weighted by atomic mass is 15.2. The Balaban J connectivity index is 2.02. The molecule has 2 aliphatic rings. The van der Waals surface area contributed by atoms with Gasteiger partial charge in [0.15, 0.2) is 0 Å². The Morgan fingerprint density at radius 2 is 1.82 bits per heavy atom. The van der Waals surface area contributed by atoms with E-state index in [0.29, 0.717) is 11.6 Å². The minimum Gasteiger partial charge on any atom is -0.326 e. The lowest BCUT2D eigenvalue weighted by molar-refractivity contribution is 0.0889. The van der Waals surface area contributed by atoms with Crippen LogP contribution in [0.25, 0.3) is 0 Å². The SMILES string of the molecule is C=C(C)CCC(N)C1(N2CCCC2)CCCC1. The van der Waals surface area contributed by atoms with Crippen LogP contribution in [-0.4, -0.2) is 29.6 Å². The quantitative estimate of drug-likeness (QED) is 0.743. The molecular weight excluding hydrogens is 208 g/mol. The zero-order valence-corrected chi connectivity index (χ0v) is 11.4. The second-order valence-electron chi connectivity index (χ2n) is 6.11. The number of rotatable bonds is 5. The summed E-state index contributed by atoms with van der Waals surface area (Å²) in [6.07, 6.45) is 10.3. The second-order valence-corrected chi connectivity index (χ2v) is 6.11. The van der Waals surface area contributed by atoms with E-state index in [1.54, 1.807) is 0 Å². The standard InChI is InChI=1S/C15H28N2/c1-13(2)7-8-14(16)15(9-3-4-10-15)17-11-5-6-12-17/h14H,1,3-12,16H2,2H3. The maximum Gasteiger partial charge on any atom is 0.0360 e. The van der Waals surface area contributed by atoms with Gasteiger partial charge in [-0.05, 0) is 58.5 Å². The molecule has 0 spiro atoms. The highest BCUT2D eigenvalue weighted by Crippen LogP contribution is 2.40. The van der Waals surface area contributed by atoms with Crippen molar-refractivity contribution >= 4 is 0 Å². The lowest BCUT2D eigenvalue weighted by Gasteiger charge is -2.43. The number of nitrogens with zero attached hydrogens (tertiary/aromatic N) is 1. The molecule has 1 atom stereocenters. The van der Waals surface area contributed by atoms with Crippen molar-refractivity contribution in [3.63, 3.8) is 0 Å². The molecule has 1 unspecified atom stereocenters. The summed E-state index contributed by atoms with van der Waals surface area (Å²) in [4.78, 5) is 2.71. The van der Waals surface area contributed by atoms with Crippen LogP contribution in [0.4, 0.5) is 0 Å². The Hall–Kier alpha value is -0.340. The summed E-state index contributed by atoms with van der Waals surface area (Å²) in [5, 5.41) is 0. The Bertz CT molecular complexity index is 260. The zero-order valence-electron chi connectivity index (χ0n) is 11.4. The van der Waals surface area contributed by atoms with Gasteiger partial charge >= 0.3 is 0 Å². The van der Waals surface area contributed by atoms with Crippen LogP contribution in [0, 0.1) is 0 Å². The van der Waals surface area contributed by atoms with E-state index in [9.17, 15) is 0 Å². The predicted octanol–water partition coefficient (Wildman–Crippen LogP) is 3.08. The summed E-state index contributed by atoms with van der Waals surface area (Å²) in [6.45, 7) is 8.68. The number of hydrogen-bond acceptors (Lipinski definition) is 2. The summed E-state index contributed by atoms with van der Waals surface area (Å²) in [5.74, 6) is 0. The van der Waals surface area contributed by atoms with Gasteiger partial charge in [-0.25, -0.2) is 0 Å². The Morgan fingerprint density at radius 1 is 1.24 bits per heavy atom. The van der Waals surface area contributed by atoms with E-state index in [-0.39, 0.29) is 0 Å². The molecule has 1 aliphatic heterocycles. The second kappa shape index (κ2) is 5.53. The summed E-state index contributed by atoms with van der Waals surface area (Å²) in [6, 6.07) is 0.347. The van der Waals surface area contributed by atoms with Crippen molar-refractivity contribution in [1.29, 1.82) is 0 Å². The minimum absolute atomic E-state index is 0.339. The van der Waals surface area contributed by atoms with E-state index >= 15 is 0 Å². The topological polar surface area (TPSA) is 29.3 Å². The minimum atomic E-state index is 0.339. The molecule has 2 fully saturated rings. The predicted molar refractivity (Wildman–Crippen MR) is 74.0 cm³/mol. The summed E-state index contributed by atoms with van der Waals surface area (Å²) in [5.41, 5.74) is 8.17. The monoisotopic (exact) mass is 236 g/mol. The van der Waals surface area contributed by atoms with Crippen molar-refractivity contribution in [2.24, 2.45) is 5.73 Å². The zero-order chi connectivity index (χ0) is 12.3. The van der Waals surface area contributed by atoms with Crippen LogP contribution < -0.4 is 5.73 Å². The molecule has 0 amide bonds. The molecule has 1 saturated carbocycles. The molecule has 2 nitrogen and oxygen atoms in total. The normalized spacial score (nSPS) is 26.2. The van der Waals surface area contributed by atoms with Crippen LogP contribution in [0.1, 0.15) is 58.3 Å². The van der Waals surface area contributed by atoms with Gasteiger partial charge in [0.2, 0.25) is 0 Å². The molecule has 1 saturated heterocycles. The average Bonchev–Trinajstić information content (AvgIpc) is 2.95. The van der Waals surface area contributed by atoms with Gasteiger partial charge in [0, 0.05) is 11.6 Å². The van der Waals surface area contributed by atoms with Crippen LogP contribution in [-0.2, 0) is 0 Å². The summed E-state index contributed by atoms with van der Waals surface area (Å²) in [7, 11) is 0. The maximum absolute atomic E-state index is 6.56. The van der Waals surface area contributed by atoms with Gasteiger partial charge in [-0.15, -0.1) is 6.58 Å². The Labute approximate surface area is 106 Å². The van der Waals surface area contributed by atoms with Crippen LogP contribution in [0.15, 0.2) is 12.2 Å². The lowest BCUT2D eigenvalue weighted by atomic mass is 9.83. The van der Waals surface area contributed by atoms with Gasteiger partial charge in [-0.2, -0.15) is 0 Å². The fourth-order valence-corrected chi connectivity index (χ4v) is 3.74. The van der Waals surface area contributed by atoms with E-state index in [2.05, 4.69) is 18.4 Å². The largest absolute Gasteiger partial charge is 0.326 e. The van der Waals surface area contributed by atoms with E-state index in [1.165, 1.54) is 57.2 Å². The van der Waals surface area contributed by atoms with Crippen LogP contribution in [0.2, 0.25) is 0 Å². The fraction of sp³-hybridized carbons (Fsp3) is 0.867. The van der Waals surface area contributed by atoms with Crippen LogP contribution >= 0.6 is 0 Å². The molecule has 0 aromatic rings. The van der Waals surface area contributed by atoms with Crippen molar-refractivity contribution < 1.29 is 0 Å². The van der Waals surface area contributed by atoms with E-state index < -0.39 is 0 Å². The average molecular weight is 236 g/mol. The lowest BCUT2D eigenvalue weighted by Crippen LogP contribution is -2.57. The third-order valence-electron chi connectivity index (χ3n) is 4.78. The van der Waals surface area contributed by atoms with Crippen molar-refractivity contribution in [3.8, 4) is 0 Å². The van der Waals surface area contributed by atoms with E-state index in [0.717, 1.165) is 12.8 Å². The number of hydrogen-bond donors (Lipinski definition) is 1. The first-order chi connectivity index (χ1) is 8.15. The van der Waals surface area contributed by atoms with Crippen molar-refractivity contribution in [2.45, 2.75) is 69.9 Å². The summed E-state index contributed by atoms with van der Waals surface area (Å²) >= 11 is 0. The van der Waals surface area contributed by atoms with E-state index in [1.807, 2.05) is 0 Å². The molecule has 1 aliphatic carbocycles. The molecule has 2 heteroatoms. The summed E-state index contributed by atoms with van der Waals surface area (Å²) < 4.78 is 0. The third kappa shape index (κ3) is 2.74. The molecule has 17 heavy (non-hydrogen) atoms. The highest BCUT2D eigenvalue weighted by molar-refractivity contribution is 5.04. The maximum atomic E-state index is 6.56. The fourth-order valence-electron chi connectivity index (χ4n) is 3.74. The third-order valence-corrected chi connectivity index (χ3v) is 4.78. The number of allylic oxidation sites excluding steroid dienone is 1. The van der Waals surface area contributed by atoms with Crippen molar-refractivity contribution in [1.82, 2.24) is 4.90 Å². The molecule has 0 radical (unpaired) electrons. The van der Waals surface area contributed by atoms with Crippen molar-refractivity contribution in [3.05, 3.63) is 12.2 Å². The first-order valence-corrected chi connectivity index (χ1v) is 7.30. The van der Waals surface area contributed by atoms with Gasteiger partial charge < -0.3 is 5.73 Å². The molecule has 2 N–H and O–H groups in total. The van der Waals surface area contributed by atoms with Crippen molar-refractivity contribution in [2.75, 3.05) is 13.1 Å². The molecule has 98 valence electrons. The molecule has 0 aromatic carbocycles. The first kappa shape index (κ1) is 13.1. The smallest absolute Gasteiger partial charge is 0.0360 e. The number of nitrogens with two attached hydrogens (primary N) is 1. The molecule has 0 aromatic heterocycles. The molecule has 0 bridgehead atoms. The van der Waals surface area contributed by atoms with Gasteiger partial charge in [0.1, 0.15) is 0 Å². The van der Waals surface area contributed by atoms with E-state index in [4.69, 9.17) is 5.73 Å². The van der Waals surface area contributed by atoms with Crippen LogP contribution in [0.5, 0.6) is 0 Å². The molecular formula is C15H28N2. The Morgan fingerprint density at radius 3 is 2.35 bits per heavy atom. The Kier molecular flexibility index (Phi) is 4.26.